The molecule has 4 nitrogen and oxygen atoms in total. The summed E-state index contributed by atoms with van der Waals surface area (Å²) in [6.45, 7) is 6.22. The maximum atomic E-state index is 8.77. The molecule has 0 saturated carbocycles. The van der Waals surface area contributed by atoms with Gasteiger partial charge in [0.1, 0.15) is 0 Å². The number of aliphatic hydroxyl groups is 1. The highest BCUT2D eigenvalue weighted by Gasteiger charge is 2.15. The van der Waals surface area contributed by atoms with Crippen LogP contribution in [-0.4, -0.2) is 65.8 Å². The molecule has 0 spiro atoms. The van der Waals surface area contributed by atoms with Crippen LogP contribution in [0.25, 0.3) is 0 Å². The first-order valence-electron chi connectivity index (χ1n) is 5.06. The highest BCUT2D eigenvalue weighted by atomic mass is 32.1. The number of aliphatic hydroxyl groups excluding tert-OH is 1. The Balaban J connectivity index is 2.12. The molecule has 1 aliphatic heterocycles. The van der Waals surface area contributed by atoms with E-state index in [-0.39, 0.29) is 6.61 Å². The maximum Gasteiger partial charge on any atom is 0.0740 e. The number of piperazine rings is 1. The van der Waals surface area contributed by atoms with E-state index in [2.05, 4.69) is 9.80 Å². The molecule has 1 rings (SSSR count). The van der Waals surface area contributed by atoms with Crippen LogP contribution in [0.3, 0.4) is 0 Å². The van der Waals surface area contributed by atoms with E-state index < -0.39 is 0 Å². The molecule has 14 heavy (non-hydrogen) atoms. The van der Waals surface area contributed by atoms with Crippen molar-refractivity contribution in [3.63, 3.8) is 0 Å². The van der Waals surface area contributed by atoms with Gasteiger partial charge in [0.15, 0.2) is 0 Å². The van der Waals surface area contributed by atoms with Crippen LogP contribution in [0, 0.1) is 0 Å². The molecule has 5 heteroatoms. The number of thiocarbonyl (C=S) groups is 1. The summed E-state index contributed by atoms with van der Waals surface area (Å²) in [6, 6.07) is 0. The minimum Gasteiger partial charge on any atom is -0.395 e. The molecule has 1 aliphatic rings. The van der Waals surface area contributed by atoms with Gasteiger partial charge in [-0.3, -0.25) is 4.90 Å². The molecule has 0 aromatic heterocycles. The number of hydrogen-bond acceptors (Lipinski definition) is 4. The first-order valence-corrected chi connectivity index (χ1v) is 5.47. The Hall–Kier alpha value is -0.230. The van der Waals surface area contributed by atoms with Crippen LogP contribution in [0.5, 0.6) is 0 Å². The average Bonchev–Trinajstić information content (AvgIpc) is 2.17. The van der Waals surface area contributed by atoms with Crippen molar-refractivity contribution in [2.45, 2.75) is 6.42 Å². The zero-order valence-corrected chi connectivity index (χ0v) is 9.30. The molecule has 82 valence electrons. The Bertz CT molecular complexity index is 181. The first-order chi connectivity index (χ1) is 6.72. The summed E-state index contributed by atoms with van der Waals surface area (Å²) in [6.07, 6.45) is 0.815. The maximum absolute atomic E-state index is 8.77. The highest BCUT2D eigenvalue weighted by molar-refractivity contribution is 7.80. The minimum atomic E-state index is 0.257. The van der Waals surface area contributed by atoms with Crippen LogP contribution in [0.2, 0.25) is 0 Å². The summed E-state index contributed by atoms with van der Waals surface area (Å²) in [5.41, 5.74) is 5.45. The molecule has 1 fully saturated rings. The van der Waals surface area contributed by atoms with Crippen molar-refractivity contribution in [3.05, 3.63) is 0 Å². The van der Waals surface area contributed by atoms with Crippen LogP contribution >= 0.6 is 12.2 Å². The molecule has 0 unspecified atom stereocenters. The van der Waals surface area contributed by atoms with Crippen molar-refractivity contribution in [1.29, 1.82) is 0 Å². The van der Waals surface area contributed by atoms with Crippen molar-refractivity contribution in [1.82, 2.24) is 9.80 Å². The Morgan fingerprint density at radius 3 is 2.07 bits per heavy atom. The molecule has 0 aromatic rings. The smallest absolute Gasteiger partial charge is 0.0740 e. The van der Waals surface area contributed by atoms with E-state index in [1.807, 2.05) is 0 Å². The SMILES string of the molecule is NC(=S)CCN1CCN(CCO)CC1. The van der Waals surface area contributed by atoms with Crippen molar-refractivity contribution >= 4 is 17.2 Å². The van der Waals surface area contributed by atoms with E-state index in [4.69, 9.17) is 23.1 Å². The molecule has 1 heterocycles. The van der Waals surface area contributed by atoms with Gasteiger partial charge in [-0.25, -0.2) is 0 Å². The predicted molar refractivity (Wildman–Crippen MR) is 61.4 cm³/mol. The zero-order valence-electron chi connectivity index (χ0n) is 8.48. The van der Waals surface area contributed by atoms with Gasteiger partial charge in [-0.15, -0.1) is 0 Å². The lowest BCUT2D eigenvalue weighted by molar-refractivity contribution is 0.114. The number of nitrogens with two attached hydrogens (primary N) is 1. The zero-order chi connectivity index (χ0) is 10.4. The van der Waals surface area contributed by atoms with Crippen LogP contribution in [0.15, 0.2) is 0 Å². The largest absolute Gasteiger partial charge is 0.395 e. The molecule has 0 aliphatic carbocycles. The van der Waals surface area contributed by atoms with E-state index in [1.165, 1.54) is 0 Å². The van der Waals surface area contributed by atoms with E-state index in [0.29, 0.717) is 4.99 Å². The van der Waals surface area contributed by atoms with Crippen molar-refractivity contribution < 1.29 is 5.11 Å². The summed E-state index contributed by atoms with van der Waals surface area (Å²) in [5, 5.41) is 8.77. The van der Waals surface area contributed by atoms with Crippen LogP contribution in [-0.2, 0) is 0 Å². The summed E-state index contributed by atoms with van der Waals surface area (Å²) in [4.78, 5) is 5.24. The van der Waals surface area contributed by atoms with Crippen molar-refractivity contribution in [2.24, 2.45) is 5.73 Å². The predicted octanol–water partition coefficient (Wildman–Crippen LogP) is -0.727. The molecule has 0 aromatic carbocycles. The second-order valence-electron chi connectivity index (χ2n) is 3.62. The third-order valence-corrected chi connectivity index (χ3v) is 2.76. The molecule has 0 radical (unpaired) electrons. The van der Waals surface area contributed by atoms with Gasteiger partial charge in [0.25, 0.3) is 0 Å². The van der Waals surface area contributed by atoms with Gasteiger partial charge in [-0.05, 0) is 0 Å². The van der Waals surface area contributed by atoms with E-state index in [0.717, 1.165) is 45.7 Å². The second-order valence-corrected chi connectivity index (χ2v) is 4.15. The Labute approximate surface area is 90.7 Å². The lowest BCUT2D eigenvalue weighted by atomic mass is 10.3. The van der Waals surface area contributed by atoms with Gasteiger partial charge in [-0.1, -0.05) is 12.2 Å². The van der Waals surface area contributed by atoms with Gasteiger partial charge in [0, 0.05) is 45.7 Å². The fraction of sp³-hybridized carbons (Fsp3) is 0.889. The fourth-order valence-electron chi connectivity index (χ4n) is 1.65. The quantitative estimate of drug-likeness (QED) is 0.595. The highest BCUT2D eigenvalue weighted by Crippen LogP contribution is 2.01. The fourth-order valence-corrected chi connectivity index (χ4v) is 1.74. The topological polar surface area (TPSA) is 52.7 Å². The van der Waals surface area contributed by atoms with Crippen molar-refractivity contribution in [3.8, 4) is 0 Å². The summed E-state index contributed by atoms with van der Waals surface area (Å²) >= 11 is 4.84. The third-order valence-electron chi connectivity index (χ3n) is 2.56. The molecule has 1 saturated heterocycles. The van der Waals surface area contributed by atoms with Crippen LogP contribution in [0.1, 0.15) is 6.42 Å². The summed E-state index contributed by atoms with van der Waals surface area (Å²) in [5.74, 6) is 0. The second kappa shape index (κ2) is 6.29. The van der Waals surface area contributed by atoms with Gasteiger partial charge >= 0.3 is 0 Å². The lowest BCUT2D eigenvalue weighted by Crippen LogP contribution is -2.47. The molecule has 0 bridgehead atoms. The van der Waals surface area contributed by atoms with E-state index in [9.17, 15) is 0 Å². The van der Waals surface area contributed by atoms with Crippen molar-refractivity contribution in [2.75, 3.05) is 45.9 Å². The first kappa shape index (κ1) is 11.8. The minimum absolute atomic E-state index is 0.257. The molecule has 0 amide bonds. The Kier molecular flexibility index (Phi) is 5.32. The van der Waals surface area contributed by atoms with Gasteiger partial charge in [-0.2, -0.15) is 0 Å². The summed E-state index contributed by atoms with van der Waals surface area (Å²) < 4.78 is 0. The lowest BCUT2D eigenvalue weighted by Gasteiger charge is -2.34. The molecular weight excluding hydrogens is 198 g/mol. The molecule has 3 N–H and O–H groups in total. The third kappa shape index (κ3) is 4.32. The monoisotopic (exact) mass is 217 g/mol. The number of β-amino-alcohol motifs (C(OH)–C–C–N with tert-alkyl or cyclic N) is 1. The van der Waals surface area contributed by atoms with Crippen LogP contribution in [0.4, 0.5) is 0 Å². The molecule has 0 atom stereocenters. The summed E-state index contributed by atoms with van der Waals surface area (Å²) in [7, 11) is 0. The normalized spacial score (nSPS) is 19.8. The Morgan fingerprint density at radius 2 is 1.64 bits per heavy atom. The number of hydrogen-bond donors (Lipinski definition) is 2. The van der Waals surface area contributed by atoms with Gasteiger partial charge in [0.05, 0.1) is 11.6 Å². The van der Waals surface area contributed by atoms with E-state index in [1.54, 1.807) is 0 Å². The van der Waals surface area contributed by atoms with E-state index >= 15 is 0 Å². The standard InChI is InChI=1S/C9H19N3OS/c10-9(14)1-2-11-3-5-12(6-4-11)7-8-13/h13H,1-8H2,(H2,10,14). The number of rotatable bonds is 5. The van der Waals surface area contributed by atoms with Crippen LogP contribution < -0.4 is 5.73 Å². The number of nitrogens with zero attached hydrogens (tertiary/aromatic N) is 2. The van der Waals surface area contributed by atoms with Gasteiger partial charge in [0.2, 0.25) is 0 Å². The average molecular weight is 217 g/mol. The van der Waals surface area contributed by atoms with Gasteiger partial charge < -0.3 is 15.7 Å². The Morgan fingerprint density at radius 1 is 1.14 bits per heavy atom. The molecular formula is C9H19N3OS.